The molecule has 154 valence electrons. The van der Waals surface area contributed by atoms with E-state index in [0.29, 0.717) is 24.6 Å². The highest BCUT2D eigenvalue weighted by Crippen LogP contribution is 2.27. The summed E-state index contributed by atoms with van der Waals surface area (Å²) >= 11 is 0. The molecule has 1 N–H and O–H groups in total. The van der Waals surface area contributed by atoms with Crippen molar-refractivity contribution in [3.63, 3.8) is 0 Å². The summed E-state index contributed by atoms with van der Waals surface area (Å²) in [6, 6.07) is 15.4. The van der Waals surface area contributed by atoms with E-state index in [0.717, 1.165) is 19.6 Å². The molecule has 0 bridgehead atoms. The molecule has 29 heavy (non-hydrogen) atoms. The van der Waals surface area contributed by atoms with E-state index in [1.54, 1.807) is 23.1 Å². The molecule has 1 aliphatic heterocycles. The average Bonchev–Trinajstić information content (AvgIpc) is 2.77. The fourth-order valence-electron chi connectivity index (χ4n) is 3.43. The lowest BCUT2D eigenvalue weighted by Gasteiger charge is -2.34. The first-order chi connectivity index (χ1) is 14.1. The molecule has 0 aliphatic carbocycles. The van der Waals surface area contributed by atoms with Gasteiger partial charge in [0.1, 0.15) is 17.1 Å². The summed E-state index contributed by atoms with van der Waals surface area (Å²) in [4.78, 5) is 29.3. The van der Waals surface area contributed by atoms with Gasteiger partial charge in [0, 0.05) is 32.7 Å². The number of ether oxygens (including phenoxy) is 2. The van der Waals surface area contributed by atoms with E-state index in [-0.39, 0.29) is 18.0 Å². The average molecular weight is 397 g/mol. The number of carbonyl (C=O) groups excluding carboxylic acids is 2. The van der Waals surface area contributed by atoms with Crippen LogP contribution in [0, 0.1) is 0 Å². The zero-order valence-corrected chi connectivity index (χ0v) is 16.9. The summed E-state index contributed by atoms with van der Waals surface area (Å²) in [5, 5.41) is 2.69. The lowest BCUT2D eigenvalue weighted by molar-refractivity contribution is -0.131. The molecule has 0 atom stereocenters. The van der Waals surface area contributed by atoms with E-state index >= 15 is 0 Å². The summed E-state index contributed by atoms with van der Waals surface area (Å²) < 4.78 is 10.5. The highest BCUT2D eigenvalue weighted by molar-refractivity contribution is 6.01. The molecule has 1 fully saturated rings. The Morgan fingerprint density at radius 2 is 1.52 bits per heavy atom. The van der Waals surface area contributed by atoms with Gasteiger partial charge in [-0.2, -0.15) is 0 Å². The van der Waals surface area contributed by atoms with Gasteiger partial charge in [-0.1, -0.05) is 36.4 Å². The highest BCUT2D eigenvalue weighted by Gasteiger charge is 2.23. The number of nitrogens with one attached hydrogen (secondary N) is 1. The number of nitrogens with zero attached hydrogens (tertiary/aromatic N) is 2. The van der Waals surface area contributed by atoms with Crippen molar-refractivity contribution in [2.24, 2.45) is 0 Å². The van der Waals surface area contributed by atoms with Crippen LogP contribution in [-0.4, -0.2) is 68.6 Å². The fourth-order valence-corrected chi connectivity index (χ4v) is 3.43. The van der Waals surface area contributed by atoms with Crippen LogP contribution in [0.5, 0.6) is 11.5 Å². The second-order valence-electron chi connectivity index (χ2n) is 6.86. The number of methoxy groups -OCH3 is 2. The third kappa shape index (κ3) is 5.26. The number of hydrogen-bond acceptors (Lipinski definition) is 5. The van der Waals surface area contributed by atoms with Crippen molar-refractivity contribution < 1.29 is 19.1 Å². The molecule has 0 spiro atoms. The number of amides is 2. The number of benzene rings is 2. The zero-order chi connectivity index (χ0) is 20.6. The molecular formula is C22H27N3O4. The normalized spacial score (nSPS) is 14.3. The summed E-state index contributed by atoms with van der Waals surface area (Å²) in [6.45, 7) is 3.76. The molecule has 0 unspecified atom stereocenters. The summed E-state index contributed by atoms with van der Waals surface area (Å²) in [5.74, 6) is 0.328. The molecule has 3 rings (SSSR count). The van der Waals surface area contributed by atoms with Gasteiger partial charge in [0.2, 0.25) is 5.91 Å². The Hall–Kier alpha value is -3.06. The Morgan fingerprint density at radius 1 is 0.897 bits per heavy atom. The maximum absolute atomic E-state index is 12.6. The quantitative estimate of drug-likeness (QED) is 0.771. The maximum atomic E-state index is 12.6. The molecule has 2 aromatic carbocycles. The van der Waals surface area contributed by atoms with Crippen molar-refractivity contribution in [3.05, 3.63) is 59.7 Å². The minimum atomic E-state index is -0.393. The fraction of sp³-hybridized carbons (Fsp3) is 0.364. The zero-order valence-electron chi connectivity index (χ0n) is 16.9. The standard InChI is InChI=1S/C22H27N3O4/c1-28-18-9-6-10-19(29-2)21(18)22(27)23-15-20(26)25-13-11-24(12-14-25)16-17-7-4-3-5-8-17/h3-10H,11-16H2,1-2H3,(H,23,27). The largest absolute Gasteiger partial charge is 0.496 e. The molecule has 7 nitrogen and oxygen atoms in total. The van der Waals surface area contributed by atoms with Crippen molar-refractivity contribution in [1.29, 1.82) is 0 Å². The lowest BCUT2D eigenvalue weighted by Crippen LogP contribution is -2.50. The highest BCUT2D eigenvalue weighted by atomic mass is 16.5. The lowest BCUT2D eigenvalue weighted by atomic mass is 10.1. The van der Waals surface area contributed by atoms with Crippen molar-refractivity contribution in [2.75, 3.05) is 46.9 Å². The third-order valence-electron chi connectivity index (χ3n) is 5.03. The Kier molecular flexibility index (Phi) is 7.08. The minimum Gasteiger partial charge on any atom is -0.496 e. The van der Waals surface area contributed by atoms with Gasteiger partial charge in [-0.3, -0.25) is 14.5 Å². The first-order valence-corrected chi connectivity index (χ1v) is 9.65. The van der Waals surface area contributed by atoms with Crippen LogP contribution < -0.4 is 14.8 Å². The second kappa shape index (κ2) is 9.93. The van der Waals surface area contributed by atoms with Gasteiger partial charge in [-0.15, -0.1) is 0 Å². The molecule has 1 heterocycles. The van der Waals surface area contributed by atoms with E-state index in [2.05, 4.69) is 22.3 Å². The number of piperazine rings is 1. The van der Waals surface area contributed by atoms with E-state index in [1.165, 1.54) is 19.8 Å². The third-order valence-corrected chi connectivity index (χ3v) is 5.03. The van der Waals surface area contributed by atoms with Gasteiger partial charge < -0.3 is 19.7 Å². The summed E-state index contributed by atoms with van der Waals surface area (Å²) in [7, 11) is 2.98. The van der Waals surface area contributed by atoms with Crippen molar-refractivity contribution in [3.8, 4) is 11.5 Å². The van der Waals surface area contributed by atoms with Crippen LogP contribution in [0.1, 0.15) is 15.9 Å². The van der Waals surface area contributed by atoms with E-state index in [9.17, 15) is 9.59 Å². The van der Waals surface area contributed by atoms with Gasteiger partial charge >= 0.3 is 0 Å². The molecular weight excluding hydrogens is 370 g/mol. The predicted octanol–water partition coefficient (Wildman–Crippen LogP) is 1.78. The minimum absolute atomic E-state index is 0.0568. The van der Waals surface area contributed by atoms with Gasteiger partial charge in [0.05, 0.1) is 20.8 Å². The van der Waals surface area contributed by atoms with Crippen LogP contribution in [0.4, 0.5) is 0 Å². The first kappa shape index (κ1) is 20.7. The van der Waals surface area contributed by atoms with Crippen molar-refractivity contribution in [2.45, 2.75) is 6.54 Å². The predicted molar refractivity (Wildman–Crippen MR) is 110 cm³/mol. The number of hydrogen-bond donors (Lipinski definition) is 1. The van der Waals surface area contributed by atoms with Gasteiger partial charge in [-0.05, 0) is 17.7 Å². The van der Waals surface area contributed by atoms with E-state index in [1.807, 2.05) is 18.2 Å². The first-order valence-electron chi connectivity index (χ1n) is 9.65. The molecule has 1 aliphatic rings. The van der Waals surface area contributed by atoms with Crippen LogP contribution in [0.3, 0.4) is 0 Å². The molecule has 1 saturated heterocycles. The van der Waals surface area contributed by atoms with Crippen molar-refractivity contribution in [1.82, 2.24) is 15.1 Å². The van der Waals surface area contributed by atoms with Crippen LogP contribution in [0.25, 0.3) is 0 Å². The smallest absolute Gasteiger partial charge is 0.259 e. The van der Waals surface area contributed by atoms with Crippen LogP contribution >= 0.6 is 0 Å². The summed E-state index contributed by atoms with van der Waals surface area (Å²) in [5.41, 5.74) is 1.56. The summed E-state index contributed by atoms with van der Waals surface area (Å²) in [6.07, 6.45) is 0. The molecule has 2 amide bonds. The monoisotopic (exact) mass is 397 g/mol. The molecule has 2 aromatic rings. The molecule has 7 heteroatoms. The Morgan fingerprint density at radius 3 is 2.10 bits per heavy atom. The van der Waals surface area contributed by atoms with Crippen LogP contribution in [0.2, 0.25) is 0 Å². The van der Waals surface area contributed by atoms with Gasteiger partial charge in [0.15, 0.2) is 0 Å². The molecule has 0 aromatic heterocycles. The number of rotatable bonds is 7. The van der Waals surface area contributed by atoms with Gasteiger partial charge in [-0.25, -0.2) is 0 Å². The number of carbonyl (C=O) groups is 2. The van der Waals surface area contributed by atoms with E-state index < -0.39 is 5.91 Å². The van der Waals surface area contributed by atoms with Crippen LogP contribution in [0.15, 0.2) is 48.5 Å². The van der Waals surface area contributed by atoms with Crippen LogP contribution in [-0.2, 0) is 11.3 Å². The Balaban J connectivity index is 1.50. The molecule has 0 radical (unpaired) electrons. The van der Waals surface area contributed by atoms with Crippen molar-refractivity contribution >= 4 is 11.8 Å². The second-order valence-corrected chi connectivity index (χ2v) is 6.86. The molecule has 0 saturated carbocycles. The Labute approximate surface area is 171 Å². The Bertz CT molecular complexity index is 811. The SMILES string of the molecule is COc1cccc(OC)c1C(=O)NCC(=O)N1CCN(Cc2ccccc2)CC1. The topological polar surface area (TPSA) is 71.1 Å². The van der Waals surface area contributed by atoms with E-state index in [4.69, 9.17) is 9.47 Å². The maximum Gasteiger partial charge on any atom is 0.259 e. The van der Waals surface area contributed by atoms with Gasteiger partial charge in [0.25, 0.3) is 5.91 Å².